The first-order valence-corrected chi connectivity index (χ1v) is 12.3. The van der Waals surface area contributed by atoms with Crippen LogP contribution >= 0.6 is 0 Å². The molecule has 0 aliphatic carbocycles. The Bertz CT molecular complexity index is 1760. The van der Waals surface area contributed by atoms with Crippen molar-refractivity contribution in [2.24, 2.45) is 5.16 Å². The maximum Gasteiger partial charge on any atom is 0.343 e. The number of nitro groups is 1. The molecule has 0 saturated carbocycles. The maximum absolute atomic E-state index is 13.5. The first kappa shape index (κ1) is 24.4. The second-order valence-electron chi connectivity index (χ2n) is 9.40. The molecule has 4 aromatic rings. The van der Waals surface area contributed by atoms with Gasteiger partial charge in [0.05, 0.1) is 40.2 Å². The van der Waals surface area contributed by atoms with Crippen LogP contribution in [0.3, 0.4) is 0 Å². The minimum Gasteiger partial charge on any atom is -0.458 e. The molecule has 1 atom stereocenters. The third-order valence-corrected chi connectivity index (χ3v) is 7.27. The lowest BCUT2D eigenvalue weighted by molar-refractivity contribution is -0.384. The average molecular weight is 527 g/mol. The van der Waals surface area contributed by atoms with E-state index in [0.717, 1.165) is 16.5 Å². The Morgan fingerprint density at radius 2 is 1.97 bits per heavy atom. The minimum atomic E-state index is -1.90. The van der Waals surface area contributed by atoms with Crippen molar-refractivity contribution < 1.29 is 24.4 Å². The van der Waals surface area contributed by atoms with Crippen LogP contribution in [0, 0.1) is 10.1 Å². The number of hydrogen-bond donors (Lipinski definition) is 1. The molecule has 11 nitrogen and oxygen atoms in total. The number of nitro benzene ring substituents is 1. The molecule has 2 aromatic carbocycles. The van der Waals surface area contributed by atoms with Crippen LogP contribution in [0.25, 0.3) is 22.3 Å². The van der Waals surface area contributed by atoms with Gasteiger partial charge in [0.15, 0.2) is 5.60 Å². The van der Waals surface area contributed by atoms with Crippen molar-refractivity contribution in [3.8, 4) is 11.4 Å². The zero-order chi connectivity index (χ0) is 27.3. The highest BCUT2D eigenvalue weighted by molar-refractivity contribution is 6.02. The normalized spacial score (nSPS) is 17.5. The van der Waals surface area contributed by atoms with Crippen LogP contribution < -0.4 is 5.56 Å². The van der Waals surface area contributed by atoms with Crippen molar-refractivity contribution in [3.63, 3.8) is 0 Å². The fourth-order valence-corrected chi connectivity index (χ4v) is 5.12. The van der Waals surface area contributed by atoms with E-state index < -0.39 is 16.5 Å². The number of rotatable bonds is 6. The van der Waals surface area contributed by atoms with E-state index in [1.165, 1.54) is 12.1 Å². The number of benzene rings is 2. The number of esters is 1. The Balaban J connectivity index is 1.40. The molecular formula is C28H22N4O7. The molecule has 0 amide bonds. The standard InChI is InChI=1S/C28H22N4O7/c1-2-28(35)22-11-24-25-20(13-31(24)26(33)21(22)15-38-27(28)34)19(18-5-3-4-6-23(18)30-25)12-29-39-14-16-7-9-17(10-8-16)32(36)37/h3-12,35H,2,13-15H2,1H3/t28-/m0/s1. The van der Waals surface area contributed by atoms with E-state index in [2.05, 4.69) is 5.16 Å². The smallest absolute Gasteiger partial charge is 0.343 e. The number of carbonyl (C=O) groups is 1. The van der Waals surface area contributed by atoms with Gasteiger partial charge in [-0.25, -0.2) is 9.78 Å². The van der Waals surface area contributed by atoms with Crippen LogP contribution in [0.4, 0.5) is 5.69 Å². The van der Waals surface area contributed by atoms with Crippen LogP contribution in [-0.2, 0) is 39.7 Å². The Morgan fingerprint density at radius 3 is 2.72 bits per heavy atom. The molecule has 6 rings (SSSR count). The SMILES string of the molecule is CC[C@@]1(O)C(=O)OCc2c1cc1n(c2=O)Cc2c-1nc1ccccc1c2C=NOCc1ccc([N+](=O)[O-])cc1. The molecule has 11 heteroatoms. The summed E-state index contributed by atoms with van der Waals surface area (Å²) in [5.41, 5.74) is 2.17. The van der Waals surface area contributed by atoms with Gasteiger partial charge >= 0.3 is 5.97 Å². The van der Waals surface area contributed by atoms with E-state index in [1.54, 1.807) is 35.9 Å². The van der Waals surface area contributed by atoms with E-state index in [9.17, 15) is 24.8 Å². The highest BCUT2D eigenvalue weighted by atomic mass is 16.6. The number of cyclic esters (lactones) is 1. The second-order valence-corrected chi connectivity index (χ2v) is 9.40. The summed E-state index contributed by atoms with van der Waals surface area (Å²) in [6.45, 7) is 1.78. The van der Waals surface area contributed by atoms with E-state index in [4.69, 9.17) is 14.6 Å². The Labute approximate surface area is 221 Å². The van der Waals surface area contributed by atoms with Crippen LogP contribution in [0.15, 0.2) is 64.5 Å². The lowest BCUT2D eigenvalue weighted by Crippen LogP contribution is -2.44. The van der Waals surface area contributed by atoms with E-state index in [1.807, 2.05) is 24.3 Å². The molecule has 0 unspecified atom stereocenters. The van der Waals surface area contributed by atoms with E-state index in [-0.39, 0.29) is 48.6 Å². The number of hydrogen-bond acceptors (Lipinski definition) is 9. The highest BCUT2D eigenvalue weighted by Gasteiger charge is 2.45. The van der Waals surface area contributed by atoms with E-state index >= 15 is 0 Å². The fraction of sp³-hybridized carbons (Fsp3) is 0.214. The van der Waals surface area contributed by atoms with Crippen molar-refractivity contribution in [2.45, 2.75) is 38.7 Å². The Morgan fingerprint density at radius 1 is 1.21 bits per heavy atom. The molecule has 0 saturated heterocycles. The van der Waals surface area contributed by atoms with Gasteiger partial charge in [-0.3, -0.25) is 14.9 Å². The molecule has 0 bridgehead atoms. The van der Waals surface area contributed by atoms with Gasteiger partial charge in [0, 0.05) is 34.2 Å². The maximum atomic E-state index is 13.5. The third kappa shape index (κ3) is 3.86. The molecule has 0 fully saturated rings. The second kappa shape index (κ2) is 9.14. The largest absolute Gasteiger partial charge is 0.458 e. The topological polar surface area (TPSA) is 146 Å². The highest BCUT2D eigenvalue weighted by Crippen LogP contribution is 2.39. The van der Waals surface area contributed by atoms with Gasteiger partial charge in [-0.15, -0.1) is 0 Å². The molecular weight excluding hydrogens is 504 g/mol. The molecule has 196 valence electrons. The summed E-state index contributed by atoms with van der Waals surface area (Å²) in [5, 5.41) is 26.9. The van der Waals surface area contributed by atoms with Gasteiger partial charge in [-0.1, -0.05) is 30.3 Å². The number of ether oxygens (including phenoxy) is 1. The van der Waals surface area contributed by atoms with Crippen LogP contribution in [0.1, 0.15) is 41.2 Å². The third-order valence-electron chi connectivity index (χ3n) is 7.27. The Hall–Kier alpha value is -4.90. The van der Waals surface area contributed by atoms with Gasteiger partial charge in [-0.2, -0.15) is 0 Å². The molecule has 0 radical (unpaired) electrons. The van der Waals surface area contributed by atoms with Gasteiger partial charge < -0.3 is 19.2 Å². The molecule has 1 N–H and O–H groups in total. The molecule has 4 heterocycles. The predicted octanol–water partition coefficient (Wildman–Crippen LogP) is 3.54. The molecule has 0 spiro atoms. The molecule has 2 aliphatic rings. The van der Waals surface area contributed by atoms with Gasteiger partial charge in [0.1, 0.15) is 13.2 Å². The number of nitrogens with zero attached hydrogens (tertiary/aromatic N) is 4. The zero-order valence-electron chi connectivity index (χ0n) is 20.8. The first-order chi connectivity index (χ1) is 18.8. The van der Waals surface area contributed by atoms with E-state index in [0.29, 0.717) is 22.5 Å². The van der Waals surface area contributed by atoms with Gasteiger partial charge in [-0.05, 0) is 36.2 Å². The van der Waals surface area contributed by atoms with Crippen LogP contribution in [-0.4, -0.2) is 31.8 Å². The number of aromatic nitrogens is 2. The molecule has 2 aromatic heterocycles. The summed E-state index contributed by atoms with van der Waals surface area (Å²) in [7, 11) is 0. The van der Waals surface area contributed by atoms with Gasteiger partial charge in [0.2, 0.25) is 0 Å². The summed E-state index contributed by atoms with van der Waals surface area (Å²) in [6, 6.07) is 15.2. The summed E-state index contributed by atoms with van der Waals surface area (Å²) in [4.78, 5) is 46.6. The summed E-state index contributed by atoms with van der Waals surface area (Å²) in [6.07, 6.45) is 1.63. The van der Waals surface area contributed by atoms with Crippen molar-refractivity contribution in [1.29, 1.82) is 0 Å². The van der Waals surface area contributed by atoms with Crippen LogP contribution in [0.2, 0.25) is 0 Å². The summed E-state index contributed by atoms with van der Waals surface area (Å²) < 4.78 is 6.72. The summed E-state index contributed by atoms with van der Waals surface area (Å²) >= 11 is 0. The van der Waals surface area contributed by atoms with Crippen molar-refractivity contribution in [1.82, 2.24) is 9.55 Å². The minimum absolute atomic E-state index is 0.00846. The lowest BCUT2D eigenvalue weighted by Gasteiger charge is -2.31. The van der Waals surface area contributed by atoms with Crippen LogP contribution in [0.5, 0.6) is 0 Å². The summed E-state index contributed by atoms with van der Waals surface area (Å²) in [5.74, 6) is -0.774. The quantitative estimate of drug-likeness (QED) is 0.153. The number of para-hydroxylation sites is 1. The first-order valence-electron chi connectivity index (χ1n) is 12.3. The monoisotopic (exact) mass is 526 g/mol. The predicted molar refractivity (Wildman–Crippen MR) is 140 cm³/mol. The number of oxime groups is 1. The number of non-ortho nitro benzene ring substituents is 1. The Kier molecular flexibility index (Phi) is 5.72. The van der Waals surface area contributed by atoms with Crippen molar-refractivity contribution in [2.75, 3.05) is 0 Å². The lowest BCUT2D eigenvalue weighted by atomic mass is 9.86. The molecule has 2 aliphatic heterocycles. The van der Waals surface area contributed by atoms with Crippen molar-refractivity contribution >= 4 is 28.8 Å². The van der Waals surface area contributed by atoms with Gasteiger partial charge in [0.25, 0.3) is 11.2 Å². The zero-order valence-corrected chi connectivity index (χ0v) is 20.8. The average Bonchev–Trinajstić information content (AvgIpc) is 3.31. The fourth-order valence-electron chi connectivity index (χ4n) is 5.12. The number of fused-ring (bicyclic) bond motifs is 5. The number of carbonyl (C=O) groups excluding carboxylic acids is 1. The number of aliphatic hydroxyl groups is 1. The number of pyridine rings is 2. The van der Waals surface area contributed by atoms with Crippen molar-refractivity contribution in [3.05, 3.63) is 103 Å². The molecule has 39 heavy (non-hydrogen) atoms.